The van der Waals surface area contributed by atoms with Crippen molar-refractivity contribution in [1.29, 1.82) is 0 Å². The minimum absolute atomic E-state index is 0.0332. The maximum Gasteiger partial charge on any atom is 0.254 e. The minimum Gasteiger partial charge on any atom is -0.472 e. The first-order chi connectivity index (χ1) is 11.1. The maximum absolute atomic E-state index is 12.6. The molecule has 1 aromatic carbocycles. The molecule has 0 bridgehead atoms. The number of aromatic nitrogens is 2. The van der Waals surface area contributed by atoms with Crippen molar-refractivity contribution in [1.82, 2.24) is 14.9 Å². The van der Waals surface area contributed by atoms with E-state index in [1.165, 1.54) is 0 Å². The van der Waals surface area contributed by atoms with Gasteiger partial charge >= 0.3 is 0 Å². The molecule has 1 aliphatic heterocycles. The molecule has 0 saturated carbocycles. The van der Waals surface area contributed by atoms with Gasteiger partial charge in [-0.05, 0) is 38.0 Å². The summed E-state index contributed by atoms with van der Waals surface area (Å²) in [5.41, 5.74) is 0.693. The number of nitrogens with zero attached hydrogens (tertiary/aromatic N) is 3. The zero-order valence-electron chi connectivity index (χ0n) is 12.9. The Morgan fingerprint density at radius 1 is 1.39 bits per heavy atom. The third kappa shape index (κ3) is 4.07. The standard InChI is InChI=1S/C17H18BrN3O2/c1-12-19-8-7-16(20-12)23-15-6-3-9-21(11-15)17(22)13-4-2-5-14(18)10-13/h2,4-5,7-8,10,15H,3,6,9,11H2,1H3. The van der Waals surface area contributed by atoms with Crippen LogP contribution in [0.3, 0.4) is 0 Å². The van der Waals surface area contributed by atoms with E-state index in [2.05, 4.69) is 25.9 Å². The number of aryl methyl sites for hydroxylation is 1. The molecule has 3 rings (SSSR count). The summed E-state index contributed by atoms with van der Waals surface area (Å²) in [7, 11) is 0. The van der Waals surface area contributed by atoms with Crippen molar-refractivity contribution in [3.63, 3.8) is 0 Å². The number of likely N-dealkylation sites (tertiary alicyclic amines) is 1. The fourth-order valence-corrected chi connectivity index (χ4v) is 3.09. The lowest BCUT2D eigenvalue weighted by molar-refractivity contribution is 0.0527. The molecule has 1 atom stereocenters. The number of hydrogen-bond acceptors (Lipinski definition) is 4. The molecule has 2 aromatic rings. The number of hydrogen-bond donors (Lipinski definition) is 0. The van der Waals surface area contributed by atoms with E-state index >= 15 is 0 Å². The molecule has 6 heteroatoms. The van der Waals surface area contributed by atoms with Crippen molar-refractivity contribution < 1.29 is 9.53 Å². The molecule has 0 radical (unpaired) electrons. The summed E-state index contributed by atoms with van der Waals surface area (Å²) in [5, 5.41) is 0. The first kappa shape index (κ1) is 15.9. The van der Waals surface area contributed by atoms with Crippen molar-refractivity contribution in [3.05, 3.63) is 52.4 Å². The predicted octanol–water partition coefficient (Wildman–Crippen LogP) is 3.23. The average Bonchev–Trinajstić information content (AvgIpc) is 2.54. The Balaban J connectivity index is 1.67. The number of carbonyl (C=O) groups excluding carboxylic acids is 1. The van der Waals surface area contributed by atoms with Crippen molar-refractivity contribution in [3.8, 4) is 5.88 Å². The summed E-state index contributed by atoms with van der Waals surface area (Å²) in [6, 6.07) is 9.23. The van der Waals surface area contributed by atoms with E-state index in [9.17, 15) is 4.79 Å². The van der Waals surface area contributed by atoms with Gasteiger partial charge in [0.15, 0.2) is 0 Å². The van der Waals surface area contributed by atoms with Gasteiger partial charge in [0.2, 0.25) is 5.88 Å². The molecule has 0 N–H and O–H groups in total. The number of halogens is 1. The highest BCUT2D eigenvalue weighted by Crippen LogP contribution is 2.20. The predicted molar refractivity (Wildman–Crippen MR) is 90.5 cm³/mol. The van der Waals surface area contributed by atoms with Gasteiger partial charge in [0.1, 0.15) is 11.9 Å². The molecule has 0 aliphatic carbocycles. The van der Waals surface area contributed by atoms with Crippen LogP contribution in [0.5, 0.6) is 5.88 Å². The Labute approximate surface area is 143 Å². The summed E-state index contributed by atoms with van der Waals surface area (Å²) in [6.07, 6.45) is 3.50. The normalized spacial score (nSPS) is 17.8. The van der Waals surface area contributed by atoms with Gasteiger partial charge in [-0.25, -0.2) is 4.98 Å². The highest BCUT2D eigenvalue weighted by molar-refractivity contribution is 9.10. The molecule has 2 heterocycles. The summed E-state index contributed by atoms with van der Waals surface area (Å²) >= 11 is 3.41. The number of carbonyl (C=O) groups is 1. The van der Waals surface area contributed by atoms with E-state index in [1.807, 2.05) is 36.1 Å². The maximum atomic E-state index is 12.6. The zero-order chi connectivity index (χ0) is 16.2. The van der Waals surface area contributed by atoms with Crippen LogP contribution in [0.15, 0.2) is 41.0 Å². The fourth-order valence-electron chi connectivity index (χ4n) is 2.69. The first-order valence-electron chi connectivity index (χ1n) is 7.63. The van der Waals surface area contributed by atoms with E-state index in [1.54, 1.807) is 12.3 Å². The molecule has 1 aromatic heterocycles. The third-order valence-electron chi connectivity index (χ3n) is 3.77. The largest absolute Gasteiger partial charge is 0.472 e. The van der Waals surface area contributed by atoms with E-state index < -0.39 is 0 Å². The zero-order valence-corrected chi connectivity index (χ0v) is 14.5. The highest BCUT2D eigenvalue weighted by Gasteiger charge is 2.26. The van der Waals surface area contributed by atoms with E-state index in [-0.39, 0.29) is 12.0 Å². The van der Waals surface area contributed by atoms with E-state index in [0.29, 0.717) is 23.8 Å². The van der Waals surface area contributed by atoms with Crippen molar-refractivity contribution in [2.75, 3.05) is 13.1 Å². The summed E-state index contributed by atoms with van der Waals surface area (Å²) in [5.74, 6) is 1.29. The van der Waals surface area contributed by atoms with Crippen molar-refractivity contribution in [2.24, 2.45) is 0 Å². The van der Waals surface area contributed by atoms with Crippen LogP contribution >= 0.6 is 15.9 Å². The second kappa shape index (κ2) is 7.08. The van der Waals surface area contributed by atoms with Gasteiger partial charge in [0, 0.05) is 28.8 Å². The lowest BCUT2D eigenvalue weighted by atomic mass is 10.1. The lowest BCUT2D eigenvalue weighted by Gasteiger charge is -2.32. The van der Waals surface area contributed by atoms with E-state index in [4.69, 9.17) is 4.74 Å². The molecule has 5 nitrogen and oxygen atoms in total. The van der Waals surface area contributed by atoms with Crippen LogP contribution < -0.4 is 4.74 Å². The van der Waals surface area contributed by atoms with Crippen LogP contribution in [0.4, 0.5) is 0 Å². The van der Waals surface area contributed by atoms with Gasteiger partial charge in [0.25, 0.3) is 5.91 Å². The van der Waals surface area contributed by atoms with Gasteiger partial charge in [0.05, 0.1) is 6.54 Å². The molecular weight excluding hydrogens is 358 g/mol. The number of benzene rings is 1. The van der Waals surface area contributed by atoms with Crippen LogP contribution in [0.1, 0.15) is 29.0 Å². The number of rotatable bonds is 3. The van der Waals surface area contributed by atoms with E-state index in [0.717, 1.165) is 23.9 Å². The Bertz CT molecular complexity index is 708. The van der Waals surface area contributed by atoms with Gasteiger partial charge < -0.3 is 9.64 Å². The van der Waals surface area contributed by atoms with Gasteiger partial charge in [-0.3, -0.25) is 4.79 Å². The summed E-state index contributed by atoms with van der Waals surface area (Å²) in [6.45, 7) is 3.17. The Morgan fingerprint density at radius 3 is 3.04 bits per heavy atom. The Morgan fingerprint density at radius 2 is 2.26 bits per heavy atom. The number of amides is 1. The van der Waals surface area contributed by atoms with Crippen LogP contribution in [0.2, 0.25) is 0 Å². The Kier molecular flexibility index (Phi) is 4.91. The molecule has 23 heavy (non-hydrogen) atoms. The molecule has 1 aliphatic rings. The molecule has 120 valence electrons. The second-order valence-electron chi connectivity index (χ2n) is 5.59. The topological polar surface area (TPSA) is 55.3 Å². The van der Waals surface area contributed by atoms with Crippen molar-refractivity contribution in [2.45, 2.75) is 25.9 Å². The molecule has 1 saturated heterocycles. The third-order valence-corrected chi connectivity index (χ3v) is 4.27. The van der Waals surface area contributed by atoms with Crippen LogP contribution in [0, 0.1) is 6.92 Å². The van der Waals surface area contributed by atoms with Gasteiger partial charge in [-0.1, -0.05) is 22.0 Å². The fraction of sp³-hybridized carbons (Fsp3) is 0.353. The smallest absolute Gasteiger partial charge is 0.254 e. The minimum atomic E-state index is -0.0332. The van der Waals surface area contributed by atoms with Crippen molar-refractivity contribution >= 4 is 21.8 Å². The second-order valence-corrected chi connectivity index (χ2v) is 6.50. The monoisotopic (exact) mass is 375 g/mol. The summed E-state index contributed by atoms with van der Waals surface area (Å²) < 4.78 is 6.83. The van der Waals surface area contributed by atoms with Gasteiger partial charge in [-0.2, -0.15) is 4.98 Å². The number of ether oxygens (including phenoxy) is 1. The van der Waals surface area contributed by atoms with Gasteiger partial charge in [-0.15, -0.1) is 0 Å². The molecule has 1 unspecified atom stereocenters. The molecular formula is C17H18BrN3O2. The SMILES string of the molecule is Cc1nccc(OC2CCCN(C(=O)c3cccc(Br)c3)C2)n1. The van der Waals surface area contributed by atoms with Crippen LogP contribution in [-0.2, 0) is 0 Å². The average molecular weight is 376 g/mol. The lowest BCUT2D eigenvalue weighted by Crippen LogP contribution is -2.44. The first-order valence-corrected chi connectivity index (χ1v) is 8.42. The van der Waals surface area contributed by atoms with Crippen LogP contribution in [0.25, 0.3) is 0 Å². The van der Waals surface area contributed by atoms with Crippen LogP contribution in [-0.4, -0.2) is 40.0 Å². The molecule has 1 fully saturated rings. The molecule has 0 spiro atoms. The number of piperidine rings is 1. The quantitative estimate of drug-likeness (QED) is 0.826. The Hall–Kier alpha value is -1.95. The summed E-state index contributed by atoms with van der Waals surface area (Å²) in [4.78, 5) is 22.8. The molecule has 1 amide bonds. The highest BCUT2D eigenvalue weighted by atomic mass is 79.9.